The van der Waals surface area contributed by atoms with Crippen LogP contribution in [0.2, 0.25) is 0 Å². The number of fused-ring (bicyclic) bond motifs is 1. The molecule has 0 bridgehead atoms. The minimum atomic E-state index is -0.428. The van der Waals surface area contributed by atoms with Crippen LogP contribution in [0.4, 0.5) is 0 Å². The van der Waals surface area contributed by atoms with Crippen molar-refractivity contribution in [3.63, 3.8) is 0 Å². The van der Waals surface area contributed by atoms with E-state index >= 15 is 0 Å². The van der Waals surface area contributed by atoms with E-state index in [0.29, 0.717) is 24.2 Å². The number of rotatable bonds is 4. The minimum absolute atomic E-state index is 0. The van der Waals surface area contributed by atoms with Crippen LogP contribution < -0.4 is 11.1 Å². The highest BCUT2D eigenvalue weighted by Gasteiger charge is 2.36. The highest BCUT2D eigenvalue weighted by Crippen LogP contribution is 2.23. The number of hydrogen-bond donors (Lipinski definition) is 2. The Balaban J connectivity index is 0.00000200. The Morgan fingerprint density at radius 3 is 2.55 bits per heavy atom. The lowest BCUT2D eigenvalue weighted by molar-refractivity contribution is -0.121. The molecular weight excluding hydrogens is 282 g/mol. The van der Waals surface area contributed by atoms with Crippen LogP contribution in [-0.2, 0) is 4.79 Å². The Bertz CT molecular complexity index is 560. The molecule has 1 aliphatic rings. The molecule has 3 amide bonds. The lowest BCUT2D eigenvalue weighted by Crippen LogP contribution is -2.41. The van der Waals surface area contributed by atoms with Crippen LogP contribution in [0.25, 0.3) is 0 Å². The van der Waals surface area contributed by atoms with Crippen LogP contribution in [0.5, 0.6) is 0 Å². The molecule has 7 heteroatoms. The number of imide groups is 1. The van der Waals surface area contributed by atoms with Crippen molar-refractivity contribution < 1.29 is 14.4 Å². The lowest BCUT2D eigenvalue weighted by atomic mass is 10.1. The van der Waals surface area contributed by atoms with Gasteiger partial charge in [0.2, 0.25) is 5.91 Å². The van der Waals surface area contributed by atoms with Crippen molar-refractivity contribution in [1.82, 2.24) is 10.2 Å². The maximum atomic E-state index is 12.1. The predicted octanol–water partition coefficient (Wildman–Crippen LogP) is 0.0877. The molecule has 3 N–H and O–H groups in total. The highest BCUT2D eigenvalue weighted by molar-refractivity contribution is 6.22. The van der Waals surface area contributed by atoms with Crippen molar-refractivity contribution in [2.75, 3.05) is 19.6 Å². The van der Waals surface area contributed by atoms with Crippen molar-refractivity contribution in [2.45, 2.75) is 6.92 Å². The number of carbonyl (C=O) groups is 3. The molecule has 0 atom stereocenters. The monoisotopic (exact) mass is 297 g/mol. The molecule has 0 aromatic heterocycles. The van der Waals surface area contributed by atoms with Crippen LogP contribution in [-0.4, -0.2) is 42.3 Å². The van der Waals surface area contributed by atoms with Crippen LogP contribution in [0.15, 0.2) is 18.2 Å². The molecule has 0 unspecified atom stereocenters. The number of benzene rings is 1. The summed E-state index contributed by atoms with van der Waals surface area (Å²) < 4.78 is 0. The van der Waals surface area contributed by atoms with Crippen LogP contribution in [0, 0.1) is 6.92 Å². The van der Waals surface area contributed by atoms with Crippen molar-refractivity contribution in [2.24, 2.45) is 5.73 Å². The maximum absolute atomic E-state index is 12.1. The molecule has 1 aromatic carbocycles. The van der Waals surface area contributed by atoms with E-state index in [1.54, 1.807) is 18.2 Å². The van der Waals surface area contributed by atoms with Gasteiger partial charge < -0.3 is 11.1 Å². The molecule has 2 rings (SSSR count). The molecule has 108 valence electrons. The Hall–Kier alpha value is -1.92. The number of nitrogens with one attached hydrogen (secondary N) is 1. The third kappa shape index (κ3) is 2.97. The summed E-state index contributed by atoms with van der Waals surface area (Å²) in [5.74, 6) is -1.24. The Kier molecular flexibility index (Phi) is 5.24. The van der Waals surface area contributed by atoms with Gasteiger partial charge in [-0.1, -0.05) is 11.6 Å². The van der Waals surface area contributed by atoms with Gasteiger partial charge in [-0.2, -0.15) is 0 Å². The van der Waals surface area contributed by atoms with Gasteiger partial charge in [0.25, 0.3) is 11.8 Å². The first-order valence-electron chi connectivity index (χ1n) is 5.98. The van der Waals surface area contributed by atoms with E-state index in [-0.39, 0.29) is 19.0 Å². The summed E-state index contributed by atoms with van der Waals surface area (Å²) in [6, 6.07) is 5.04. The number of halogens is 1. The average Bonchev–Trinajstić information content (AvgIpc) is 2.61. The minimum Gasteiger partial charge on any atom is -0.353 e. The molecule has 0 aliphatic carbocycles. The molecule has 20 heavy (non-hydrogen) atoms. The van der Waals surface area contributed by atoms with E-state index in [0.717, 1.165) is 10.5 Å². The predicted molar refractivity (Wildman–Crippen MR) is 75.9 cm³/mol. The summed E-state index contributed by atoms with van der Waals surface area (Å²) in [6.07, 6.45) is 0. The first-order chi connectivity index (χ1) is 9.04. The summed E-state index contributed by atoms with van der Waals surface area (Å²) in [5, 5.41) is 2.53. The zero-order valence-corrected chi connectivity index (χ0v) is 11.8. The van der Waals surface area contributed by atoms with Crippen LogP contribution in [0.1, 0.15) is 26.3 Å². The molecule has 1 heterocycles. The zero-order valence-electron chi connectivity index (χ0n) is 11.0. The molecular formula is C13H16ClN3O3. The molecule has 0 spiro atoms. The van der Waals surface area contributed by atoms with Gasteiger partial charge in [-0.3, -0.25) is 19.3 Å². The van der Waals surface area contributed by atoms with Crippen molar-refractivity contribution >= 4 is 30.1 Å². The molecule has 0 saturated heterocycles. The summed E-state index contributed by atoms with van der Waals surface area (Å²) in [5.41, 5.74) is 6.87. The van der Waals surface area contributed by atoms with Gasteiger partial charge in [0.15, 0.2) is 0 Å². The fraction of sp³-hybridized carbons (Fsp3) is 0.308. The second-order valence-electron chi connectivity index (χ2n) is 4.38. The standard InChI is InChI=1S/C13H15N3O3.ClH/c1-8-2-3-9-10(6-8)13(19)16(12(9)18)7-11(17)15-5-4-14;/h2-3,6H,4-5,7,14H2,1H3,(H,15,17);1H. The van der Waals surface area contributed by atoms with E-state index in [1.807, 2.05) is 6.92 Å². The molecule has 0 fully saturated rings. The SMILES string of the molecule is Cc1ccc2c(c1)C(=O)N(CC(=O)NCCN)C2=O.Cl. The molecule has 1 aromatic rings. The summed E-state index contributed by atoms with van der Waals surface area (Å²) in [7, 11) is 0. The van der Waals surface area contributed by atoms with E-state index in [1.165, 1.54) is 0 Å². The van der Waals surface area contributed by atoms with Gasteiger partial charge >= 0.3 is 0 Å². The first kappa shape index (κ1) is 16.1. The molecule has 0 saturated carbocycles. The van der Waals surface area contributed by atoms with Gasteiger partial charge in [-0.05, 0) is 19.1 Å². The van der Waals surface area contributed by atoms with E-state index in [4.69, 9.17) is 5.73 Å². The van der Waals surface area contributed by atoms with E-state index < -0.39 is 17.7 Å². The van der Waals surface area contributed by atoms with Crippen LogP contribution >= 0.6 is 12.4 Å². The molecule has 0 radical (unpaired) electrons. The largest absolute Gasteiger partial charge is 0.353 e. The quantitative estimate of drug-likeness (QED) is 0.770. The third-order valence-corrected chi connectivity index (χ3v) is 2.89. The number of amides is 3. The second-order valence-corrected chi connectivity index (χ2v) is 4.38. The summed E-state index contributed by atoms with van der Waals surface area (Å²) >= 11 is 0. The number of nitrogens with two attached hydrogens (primary N) is 1. The first-order valence-corrected chi connectivity index (χ1v) is 5.98. The van der Waals surface area contributed by atoms with Crippen LogP contribution in [0.3, 0.4) is 0 Å². The third-order valence-electron chi connectivity index (χ3n) is 2.89. The van der Waals surface area contributed by atoms with E-state index in [9.17, 15) is 14.4 Å². The number of carbonyl (C=O) groups excluding carboxylic acids is 3. The summed E-state index contributed by atoms with van der Waals surface area (Å²) in [4.78, 5) is 36.6. The zero-order chi connectivity index (χ0) is 14.0. The van der Waals surface area contributed by atoms with Crippen molar-refractivity contribution in [3.8, 4) is 0 Å². The Morgan fingerprint density at radius 1 is 1.25 bits per heavy atom. The van der Waals surface area contributed by atoms with Gasteiger partial charge in [0, 0.05) is 13.1 Å². The maximum Gasteiger partial charge on any atom is 0.262 e. The molecule has 1 aliphatic heterocycles. The normalized spacial score (nSPS) is 13.0. The fourth-order valence-corrected chi connectivity index (χ4v) is 1.96. The number of nitrogens with zero attached hydrogens (tertiary/aromatic N) is 1. The lowest BCUT2D eigenvalue weighted by Gasteiger charge is -2.13. The fourth-order valence-electron chi connectivity index (χ4n) is 1.96. The Labute approximate surface area is 122 Å². The summed E-state index contributed by atoms with van der Waals surface area (Å²) in [6.45, 7) is 2.20. The average molecular weight is 298 g/mol. The smallest absolute Gasteiger partial charge is 0.262 e. The Morgan fingerprint density at radius 2 is 1.90 bits per heavy atom. The van der Waals surface area contributed by atoms with Gasteiger partial charge in [-0.25, -0.2) is 0 Å². The van der Waals surface area contributed by atoms with Crippen molar-refractivity contribution in [1.29, 1.82) is 0 Å². The van der Waals surface area contributed by atoms with E-state index in [2.05, 4.69) is 5.32 Å². The second kappa shape index (κ2) is 6.49. The topological polar surface area (TPSA) is 92.5 Å². The van der Waals surface area contributed by atoms with Gasteiger partial charge in [-0.15, -0.1) is 12.4 Å². The van der Waals surface area contributed by atoms with Gasteiger partial charge in [0.05, 0.1) is 11.1 Å². The van der Waals surface area contributed by atoms with Gasteiger partial charge in [0.1, 0.15) is 6.54 Å². The van der Waals surface area contributed by atoms with Crippen molar-refractivity contribution in [3.05, 3.63) is 34.9 Å². The number of aryl methyl sites for hydroxylation is 1. The number of hydrogen-bond acceptors (Lipinski definition) is 4. The highest BCUT2D eigenvalue weighted by atomic mass is 35.5. The molecule has 6 nitrogen and oxygen atoms in total.